The molecule has 0 fully saturated rings. The molecule has 0 radical (unpaired) electrons. The number of allylic oxidation sites excluding steroid dienone is 1. The fourth-order valence-corrected chi connectivity index (χ4v) is 7.51. The smallest absolute Gasteiger partial charge is 0.329 e. The van der Waals surface area contributed by atoms with Crippen molar-refractivity contribution in [3.05, 3.63) is 28.2 Å². The van der Waals surface area contributed by atoms with Gasteiger partial charge in [0.15, 0.2) is 5.12 Å². The van der Waals surface area contributed by atoms with E-state index < -0.39 is 23.7 Å². The summed E-state index contributed by atoms with van der Waals surface area (Å²) in [6.07, 6.45) is 10.2. The predicted molar refractivity (Wildman–Crippen MR) is 173 cm³/mol. The molecule has 4 bridgehead atoms. The van der Waals surface area contributed by atoms with Gasteiger partial charge in [-0.3, -0.25) is 19.4 Å². The molecule has 0 saturated carbocycles. The molecule has 4 atom stereocenters. The van der Waals surface area contributed by atoms with Crippen LogP contribution in [0.2, 0.25) is 0 Å². The summed E-state index contributed by atoms with van der Waals surface area (Å²) in [5.41, 5.74) is -0.307. The number of hydrogen-bond donors (Lipinski definition) is 1. The van der Waals surface area contributed by atoms with E-state index in [1.165, 1.54) is 54.1 Å². The monoisotopic (exact) mass is 635 g/mol. The molecule has 1 N–H and O–H groups in total. The largest absolute Gasteiger partial charge is 0.456 e. The van der Waals surface area contributed by atoms with E-state index in [4.69, 9.17) is 14.7 Å². The molecule has 4 unspecified atom stereocenters. The van der Waals surface area contributed by atoms with Gasteiger partial charge in [0, 0.05) is 42.1 Å². The van der Waals surface area contributed by atoms with Gasteiger partial charge in [0.25, 0.3) is 0 Å². The highest BCUT2D eigenvalue weighted by atomic mass is 32.2. The minimum Gasteiger partial charge on any atom is -0.456 e. The highest BCUT2D eigenvalue weighted by molar-refractivity contribution is 8.14. The number of carbonyl (C=O) groups excluding carboxylic acids is 4. The second-order valence-corrected chi connectivity index (χ2v) is 14.7. The number of aliphatic imine (C=N–C) groups is 1. The fourth-order valence-electron chi connectivity index (χ4n) is 4.62. The van der Waals surface area contributed by atoms with E-state index in [9.17, 15) is 19.2 Å². The van der Waals surface area contributed by atoms with Crippen LogP contribution in [0.15, 0.2) is 22.5 Å². The van der Waals surface area contributed by atoms with Crippen molar-refractivity contribution in [3.8, 4) is 0 Å². The quantitative estimate of drug-likeness (QED) is 0.175. The number of ether oxygens (including phenoxy) is 1. The van der Waals surface area contributed by atoms with Gasteiger partial charge in [-0.25, -0.2) is 9.78 Å². The second-order valence-electron chi connectivity index (χ2n) is 11.7. The van der Waals surface area contributed by atoms with Crippen LogP contribution in [-0.2, 0) is 30.3 Å². The Morgan fingerprint density at radius 2 is 1.98 bits per heavy atom. The van der Waals surface area contributed by atoms with Crippen molar-refractivity contribution >= 4 is 62.7 Å². The zero-order valence-corrected chi connectivity index (χ0v) is 27.9. The van der Waals surface area contributed by atoms with Crippen LogP contribution in [0, 0.1) is 11.8 Å². The Balaban J connectivity index is 1.70. The van der Waals surface area contributed by atoms with Crippen molar-refractivity contribution in [2.75, 3.05) is 11.5 Å². The molecule has 42 heavy (non-hydrogen) atoms. The number of aromatic nitrogens is 1. The van der Waals surface area contributed by atoms with Crippen molar-refractivity contribution < 1.29 is 23.9 Å². The minimum absolute atomic E-state index is 0.0285. The summed E-state index contributed by atoms with van der Waals surface area (Å²) in [6.45, 7) is 9.50. The van der Waals surface area contributed by atoms with Crippen LogP contribution in [0.25, 0.3) is 0 Å². The van der Waals surface area contributed by atoms with Gasteiger partial charge in [-0.15, -0.1) is 23.1 Å². The average Bonchev–Trinajstić information content (AvgIpc) is 3.57. The predicted octanol–water partition coefficient (Wildman–Crippen LogP) is 6.17. The Hall–Kier alpha value is -1.98. The van der Waals surface area contributed by atoms with E-state index in [-0.39, 0.29) is 35.1 Å². The first kappa shape index (κ1) is 34.5. The van der Waals surface area contributed by atoms with E-state index in [2.05, 4.69) is 12.2 Å². The highest BCUT2D eigenvalue weighted by Gasteiger charge is 2.42. The van der Waals surface area contributed by atoms with Crippen LogP contribution >= 0.6 is 34.9 Å². The lowest BCUT2D eigenvalue weighted by Gasteiger charge is -2.27. The van der Waals surface area contributed by atoms with E-state index >= 15 is 0 Å². The fraction of sp³-hybridized carbons (Fsp3) is 0.677. The summed E-state index contributed by atoms with van der Waals surface area (Å²) < 4.78 is 5.86. The molecule has 0 spiro atoms. The molecule has 3 heterocycles. The molecule has 1 aromatic heterocycles. The zero-order chi connectivity index (χ0) is 30.7. The Morgan fingerprint density at radius 3 is 2.71 bits per heavy atom. The molecule has 1 aromatic rings. The van der Waals surface area contributed by atoms with Gasteiger partial charge in [0.1, 0.15) is 34.2 Å². The molecule has 11 heteroatoms. The Bertz CT molecular complexity index is 1160. The van der Waals surface area contributed by atoms with Crippen molar-refractivity contribution in [2.45, 2.75) is 110 Å². The number of cyclic esters (lactones) is 1. The van der Waals surface area contributed by atoms with E-state index in [1.54, 1.807) is 13.0 Å². The number of rotatable bonds is 11. The number of Topliss-reactive ketones (excluding diaryl/α,β-unsaturated/α-hetero) is 1. The number of thioether (sulfide) groups is 2. The molecule has 0 saturated heterocycles. The molecular formula is C31H45N3O5S3. The lowest BCUT2D eigenvalue weighted by Crippen LogP contribution is -2.53. The number of hydrogen-bond acceptors (Lipinski definition) is 10. The number of carbonyl (C=O) groups is 4. The van der Waals surface area contributed by atoms with Gasteiger partial charge in [0.05, 0.1) is 5.01 Å². The first-order valence-corrected chi connectivity index (χ1v) is 17.9. The minimum atomic E-state index is -1.03. The topological polar surface area (TPSA) is 115 Å². The third-order valence-electron chi connectivity index (χ3n) is 7.39. The summed E-state index contributed by atoms with van der Waals surface area (Å²) in [5.74, 6) is -0.404. The number of esters is 1. The SMILES string of the molecule is CCCCCCCC(=O)SCCC=CC1CC(=O)C(C)Cc2nc(cs2)C2=NC(C)(CS2)C(=O)NC(C(C)C)C(=O)O1. The first-order valence-electron chi connectivity index (χ1n) is 15.1. The van der Waals surface area contributed by atoms with Crippen LogP contribution in [-0.4, -0.2) is 62.0 Å². The van der Waals surface area contributed by atoms with E-state index in [0.717, 1.165) is 23.5 Å². The van der Waals surface area contributed by atoms with Crippen LogP contribution in [0.4, 0.5) is 0 Å². The van der Waals surface area contributed by atoms with Crippen LogP contribution in [0.1, 0.15) is 96.7 Å². The summed E-state index contributed by atoms with van der Waals surface area (Å²) in [5, 5.41) is 6.52. The summed E-state index contributed by atoms with van der Waals surface area (Å²) in [6, 6.07) is -0.883. The van der Waals surface area contributed by atoms with Gasteiger partial charge < -0.3 is 10.1 Å². The molecule has 0 aliphatic carbocycles. The molecule has 1 amide bonds. The Labute approximate surface area is 262 Å². The molecule has 3 rings (SSSR count). The van der Waals surface area contributed by atoms with Crippen LogP contribution in [0.5, 0.6) is 0 Å². The summed E-state index contributed by atoms with van der Waals surface area (Å²) >= 11 is 4.28. The molecule has 2 aliphatic heterocycles. The highest BCUT2D eigenvalue weighted by Crippen LogP contribution is 2.32. The van der Waals surface area contributed by atoms with Gasteiger partial charge in [-0.05, 0) is 31.8 Å². The third-order valence-corrected chi connectivity index (χ3v) is 10.5. The Kier molecular flexibility index (Phi) is 13.8. The van der Waals surface area contributed by atoms with Gasteiger partial charge >= 0.3 is 5.97 Å². The number of amides is 1. The van der Waals surface area contributed by atoms with Gasteiger partial charge in [-0.1, -0.05) is 71.2 Å². The van der Waals surface area contributed by atoms with Crippen molar-refractivity contribution in [3.63, 3.8) is 0 Å². The lowest BCUT2D eigenvalue weighted by molar-refractivity contribution is -0.153. The van der Waals surface area contributed by atoms with Crippen LogP contribution in [0.3, 0.4) is 0 Å². The number of unbranched alkanes of at least 4 members (excludes halogenated alkanes) is 4. The van der Waals surface area contributed by atoms with Crippen LogP contribution < -0.4 is 5.32 Å². The van der Waals surface area contributed by atoms with E-state index in [0.29, 0.717) is 35.8 Å². The number of thiazole rings is 1. The maximum atomic E-state index is 13.4. The zero-order valence-electron chi connectivity index (χ0n) is 25.5. The molecule has 2 aliphatic rings. The average molecular weight is 636 g/mol. The van der Waals surface area contributed by atoms with Crippen molar-refractivity contribution in [2.24, 2.45) is 16.8 Å². The molecule has 232 valence electrons. The number of ketones is 1. The lowest BCUT2D eigenvalue weighted by atomic mass is 9.97. The van der Waals surface area contributed by atoms with Gasteiger partial charge in [-0.2, -0.15) is 0 Å². The maximum Gasteiger partial charge on any atom is 0.329 e. The summed E-state index contributed by atoms with van der Waals surface area (Å²) in [4.78, 5) is 61.5. The van der Waals surface area contributed by atoms with Crippen molar-refractivity contribution in [1.82, 2.24) is 10.3 Å². The third kappa shape index (κ3) is 10.3. The Morgan fingerprint density at radius 1 is 1.21 bits per heavy atom. The molecule has 8 nitrogen and oxygen atoms in total. The molecular weight excluding hydrogens is 591 g/mol. The van der Waals surface area contributed by atoms with Gasteiger partial charge in [0.2, 0.25) is 5.91 Å². The number of fused-ring (bicyclic) bond motifs is 4. The van der Waals surface area contributed by atoms with Crippen molar-refractivity contribution in [1.29, 1.82) is 0 Å². The standard InChI is InChI=1S/C31H45N3O5S3/c1-6-7-8-9-10-14-26(36)40-15-12-11-13-22-17-24(35)21(4)16-25-32-23(18-41-25)28-34-31(5,19-42-28)30(38)33-27(20(2)3)29(37)39-22/h11,13,18,20-22,27H,6-10,12,14-17,19H2,1-5H3,(H,33,38). The molecule has 0 aromatic carbocycles. The second kappa shape index (κ2) is 16.8. The number of nitrogens with zero attached hydrogens (tertiary/aromatic N) is 2. The van der Waals surface area contributed by atoms with E-state index in [1.807, 2.05) is 32.2 Å². The first-order chi connectivity index (χ1) is 20.0. The number of nitrogens with one attached hydrogen (secondary N) is 1. The normalized spacial score (nSPS) is 25.5. The summed E-state index contributed by atoms with van der Waals surface area (Å²) in [7, 11) is 0. The maximum absolute atomic E-state index is 13.4.